The van der Waals surface area contributed by atoms with E-state index in [1.165, 1.54) is 45.3 Å². The first-order valence-electron chi connectivity index (χ1n) is 6.17. The Morgan fingerprint density at radius 3 is 2.43 bits per heavy atom. The van der Waals surface area contributed by atoms with Crippen molar-refractivity contribution in [2.24, 2.45) is 11.8 Å². The molecule has 0 bridgehead atoms. The first-order chi connectivity index (χ1) is 6.78. The normalized spacial score (nSPS) is 35.6. The minimum atomic E-state index is 0.823. The summed E-state index contributed by atoms with van der Waals surface area (Å²) in [5, 5.41) is 3.36. The minimum Gasteiger partial charge on any atom is -0.317 e. The Labute approximate surface area is 88.1 Å². The molecule has 1 aliphatic carbocycles. The van der Waals surface area contributed by atoms with E-state index in [1.807, 2.05) is 0 Å². The van der Waals surface area contributed by atoms with Gasteiger partial charge in [0.25, 0.3) is 0 Å². The van der Waals surface area contributed by atoms with Crippen molar-refractivity contribution in [3.63, 3.8) is 0 Å². The highest BCUT2D eigenvalue weighted by atomic mass is 15.1. The summed E-state index contributed by atoms with van der Waals surface area (Å²) in [6.07, 6.45) is 5.65. The first-order valence-corrected chi connectivity index (χ1v) is 6.17. The van der Waals surface area contributed by atoms with Gasteiger partial charge in [-0.15, -0.1) is 0 Å². The van der Waals surface area contributed by atoms with Gasteiger partial charge in [0, 0.05) is 12.6 Å². The van der Waals surface area contributed by atoms with Crippen molar-refractivity contribution >= 4 is 0 Å². The van der Waals surface area contributed by atoms with Gasteiger partial charge < -0.3 is 10.2 Å². The summed E-state index contributed by atoms with van der Waals surface area (Å²) in [5.74, 6) is 1.96. The molecule has 0 amide bonds. The van der Waals surface area contributed by atoms with E-state index in [0.717, 1.165) is 17.9 Å². The molecule has 1 heterocycles. The molecule has 0 aromatic rings. The quantitative estimate of drug-likeness (QED) is 0.739. The lowest BCUT2D eigenvalue weighted by molar-refractivity contribution is 0.117. The monoisotopic (exact) mass is 196 g/mol. The molecule has 2 aliphatic rings. The molecule has 82 valence electrons. The fourth-order valence-electron chi connectivity index (χ4n) is 2.73. The van der Waals surface area contributed by atoms with E-state index < -0.39 is 0 Å². The molecule has 0 aromatic carbocycles. The number of nitrogens with one attached hydrogen (secondary N) is 1. The summed E-state index contributed by atoms with van der Waals surface area (Å²) in [6.45, 7) is 6.45. The Morgan fingerprint density at radius 2 is 1.86 bits per heavy atom. The standard InChI is InChI=1S/C12H24N2/c1-10-3-5-14(6-4-10)9-11-7-12(8-11)13-2/h10-13H,3-9H2,1-2H3. The fourth-order valence-corrected chi connectivity index (χ4v) is 2.73. The van der Waals surface area contributed by atoms with Gasteiger partial charge in [-0.05, 0) is 57.7 Å². The Kier molecular flexibility index (Phi) is 3.45. The maximum Gasteiger partial charge on any atom is 0.00703 e. The van der Waals surface area contributed by atoms with E-state index in [-0.39, 0.29) is 0 Å². The van der Waals surface area contributed by atoms with Gasteiger partial charge >= 0.3 is 0 Å². The molecular formula is C12H24N2. The highest BCUT2D eigenvalue weighted by Crippen LogP contribution is 2.29. The molecule has 14 heavy (non-hydrogen) atoms. The zero-order valence-corrected chi connectivity index (χ0v) is 9.63. The van der Waals surface area contributed by atoms with Crippen LogP contribution in [-0.2, 0) is 0 Å². The van der Waals surface area contributed by atoms with Crippen LogP contribution in [0.3, 0.4) is 0 Å². The molecule has 0 unspecified atom stereocenters. The van der Waals surface area contributed by atoms with Crippen LogP contribution in [0, 0.1) is 11.8 Å². The number of likely N-dealkylation sites (tertiary alicyclic amines) is 1. The molecule has 0 spiro atoms. The maximum absolute atomic E-state index is 3.36. The van der Waals surface area contributed by atoms with E-state index in [1.54, 1.807) is 0 Å². The van der Waals surface area contributed by atoms with E-state index in [4.69, 9.17) is 0 Å². The molecule has 2 nitrogen and oxygen atoms in total. The summed E-state index contributed by atoms with van der Waals surface area (Å²) in [6, 6.07) is 0.823. The Hall–Kier alpha value is -0.0800. The predicted molar refractivity (Wildman–Crippen MR) is 60.4 cm³/mol. The van der Waals surface area contributed by atoms with Crippen molar-refractivity contribution in [3.05, 3.63) is 0 Å². The molecule has 0 aromatic heterocycles. The summed E-state index contributed by atoms with van der Waals surface area (Å²) < 4.78 is 0. The van der Waals surface area contributed by atoms with E-state index >= 15 is 0 Å². The lowest BCUT2D eigenvalue weighted by atomic mass is 9.79. The predicted octanol–water partition coefficient (Wildman–Crippen LogP) is 1.72. The molecule has 1 saturated heterocycles. The number of rotatable bonds is 3. The molecular weight excluding hydrogens is 172 g/mol. The van der Waals surface area contributed by atoms with Crippen molar-refractivity contribution < 1.29 is 0 Å². The number of piperidine rings is 1. The third kappa shape index (κ3) is 2.48. The molecule has 0 radical (unpaired) electrons. The highest BCUT2D eigenvalue weighted by molar-refractivity contribution is 4.86. The Balaban J connectivity index is 1.62. The van der Waals surface area contributed by atoms with Gasteiger partial charge in [-0.25, -0.2) is 0 Å². The SMILES string of the molecule is CNC1CC(CN2CCC(C)CC2)C1. The first kappa shape index (κ1) is 10.4. The second kappa shape index (κ2) is 4.63. The van der Waals surface area contributed by atoms with Gasteiger partial charge in [-0.1, -0.05) is 6.92 Å². The van der Waals surface area contributed by atoms with Crippen LogP contribution >= 0.6 is 0 Å². The van der Waals surface area contributed by atoms with Gasteiger partial charge in [-0.2, -0.15) is 0 Å². The molecule has 2 rings (SSSR count). The van der Waals surface area contributed by atoms with Crippen LogP contribution < -0.4 is 5.32 Å². The number of hydrogen-bond donors (Lipinski definition) is 1. The van der Waals surface area contributed by atoms with Gasteiger partial charge in [0.05, 0.1) is 0 Å². The average Bonchev–Trinajstić information content (AvgIpc) is 2.13. The van der Waals surface area contributed by atoms with Gasteiger partial charge in [0.1, 0.15) is 0 Å². The minimum absolute atomic E-state index is 0.823. The molecule has 1 saturated carbocycles. The highest BCUT2D eigenvalue weighted by Gasteiger charge is 2.29. The van der Waals surface area contributed by atoms with Gasteiger partial charge in [-0.3, -0.25) is 0 Å². The van der Waals surface area contributed by atoms with Gasteiger partial charge in [0.15, 0.2) is 0 Å². The van der Waals surface area contributed by atoms with Crippen molar-refractivity contribution in [3.8, 4) is 0 Å². The zero-order chi connectivity index (χ0) is 9.97. The smallest absolute Gasteiger partial charge is 0.00703 e. The van der Waals surface area contributed by atoms with Crippen molar-refractivity contribution in [1.82, 2.24) is 10.2 Å². The molecule has 2 heteroatoms. The maximum atomic E-state index is 3.36. The van der Waals surface area contributed by atoms with E-state index in [0.29, 0.717) is 0 Å². The Morgan fingerprint density at radius 1 is 1.21 bits per heavy atom. The Bertz CT molecular complexity index is 167. The topological polar surface area (TPSA) is 15.3 Å². The summed E-state index contributed by atoms with van der Waals surface area (Å²) in [5.41, 5.74) is 0. The number of nitrogens with zero attached hydrogens (tertiary/aromatic N) is 1. The molecule has 0 atom stereocenters. The summed E-state index contributed by atoms with van der Waals surface area (Å²) in [4.78, 5) is 2.68. The molecule has 1 aliphatic heterocycles. The van der Waals surface area contributed by atoms with Crippen molar-refractivity contribution in [2.45, 2.75) is 38.6 Å². The second-order valence-corrected chi connectivity index (χ2v) is 5.31. The average molecular weight is 196 g/mol. The largest absolute Gasteiger partial charge is 0.317 e. The van der Waals surface area contributed by atoms with Crippen LogP contribution in [0.25, 0.3) is 0 Å². The van der Waals surface area contributed by atoms with Crippen LogP contribution in [0.5, 0.6) is 0 Å². The third-order valence-corrected chi connectivity index (χ3v) is 4.04. The van der Waals surface area contributed by atoms with Crippen LogP contribution in [0.1, 0.15) is 32.6 Å². The number of hydrogen-bond acceptors (Lipinski definition) is 2. The van der Waals surface area contributed by atoms with E-state index in [2.05, 4.69) is 24.2 Å². The van der Waals surface area contributed by atoms with E-state index in [9.17, 15) is 0 Å². The van der Waals surface area contributed by atoms with Crippen molar-refractivity contribution in [2.75, 3.05) is 26.7 Å². The van der Waals surface area contributed by atoms with Crippen LogP contribution in [0.15, 0.2) is 0 Å². The third-order valence-electron chi connectivity index (χ3n) is 4.04. The van der Waals surface area contributed by atoms with Crippen LogP contribution in [0.4, 0.5) is 0 Å². The summed E-state index contributed by atoms with van der Waals surface area (Å²) in [7, 11) is 2.09. The van der Waals surface area contributed by atoms with Crippen molar-refractivity contribution in [1.29, 1.82) is 0 Å². The van der Waals surface area contributed by atoms with Crippen LogP contribution in [-0.4, -0.2) is 37.6 Å². The zero-order valence-electron chi connectivity index (χ0n) is 9.63. The van der Waals surface area contributed by atoms with Crippen LogP contribution in [0.2, 0.25) is 0 Å². The summed E-state index contributed by atoms with van der Waals surface area (Å²) >= 11 is 0. The second-order valence-electron chi connectivity index (χ2n) is 5.31. The lowest BCUT2D eigenvalue weighted by Crippen LogP contribution is -2.45. The molecule has 2 fully saturated rings. The van der Waals surface area contributed by atoms with Gasteiger partial charge in [0.2, 0.25) is 0 Å². The molecule has 1 N–H and O–H groups in total. The fraction of sp³-hybridized carbons (Fsp3) is 1.00. The lowest BCUT2D eigenvalue weighted by Gasteiger charge is -2.40.